The second kappa shape index (κ2) is 6.33. The molecule has 1 aliphatic heterocycles. The average molecular weight is 279 g/mol. The summed E-state index contributed by atoms with van der Waals surface area (Å²) in [6.07, 6.45) is 2.19. The van der Waals surface area contributed by atoms with Gasteiger partial charge < -0.3 is 20.4 Å². The predicted octanol–water partition coefficient (Wildman–Crippen LogP) is 0.374. The van der Waals surface area contributed by atoms with Crippen molar-refractivity contribution in [3.05, 3.63) is 30.1 Å². The third kappa shape index (κ3) is 3.24. The Morgan fingerprint density at radius 1 is 1.25 bits per heavy atom. The van der Waals surface area contributed by atoms with Crippen LogP contribution in [0.15, 0.2) is 24.5 Å². The van der Waals surface area contributed by atoms with Crippen molar-refractivity contribution in [1.82, 2.24) is 15.2 Å². The minimum absolute atomic E-state index is 0.394. The van der Waals surface area contributed by atoms with Gasteiger partial charge in [-0.3, -0.25) is 9.78 Å². The number of amides is 2. The molecular weight excluding hydrogens is 262 g/mol. The van der Waals surface area contributed by atoms with E-state index >= 15 is 0 Å². The summed E-state index contributed by atoms with van der Waals surface area (Å²) in [5.74, 6) is -0.394. The molecular formula is C13H17N3O4. The van der Waals surface area contributed by atoms with E-state index in [0.717, 1.165) is 12.8 Å². The van der Waals surface area contributed by atoms with Crippen LogP contribution in [0.5, 0.6) is 0 Å². The number of aromatic nitrogens is 1. The maximum absolute atomic E-state index is 12.3. The van der Waals surface area contributed by atoms with E-state index in [4.69, 9.17) is 5.11 Å². The van der Waals surface area contributed by atoms with Crippen LogP contribution < -0.4 is 5.32 Å². The van der Waals surface area contributed by atoms with E-state index in [2.05, 4.69) is 10.3 Å². The van der Waals surface area contributed by atoms with E-state index in [0.29, 0.717) is 18.7 Å². The number of carbonyl (C=O) groups is 2. The molecule has 2 amide bonds. The van der Waals surface area contributed by atoms with Crippen molar-refractivity contribution in [2.24, 2.45) is 0 Å². The molecule has 7 nitrogen and oxygen atoms in total. The van der Waals surface area contributed by atoms with Crippen LogP contribution in [-0.4, -0.2) is 51.2 Å². The number of carbonyl (C=O) groups excluding carboxylic acids is 1. The summed E-state index contributed by atoms with van der Waals surface area (Å²) in [7, 11) is 0. The third-order valence-electron chi connectivity index (χ3n) is 3.33. The monoisotopic (exact) mass is 279 g/mol. The summed E-state index contributed by atoms with van der Waals surface area (Å²) in [6.45, 7) is 1.19. The van der Waals surface area contributed by atoms with Gasteiger partial charge in [-0.2, -0.15) is 0 Å². The van der Waals surface area contributed by atoms with Gasteiger partial charge in [0, 0.05) is 25.5 Å². The summed E-state index contributed by atoms with van der Waals surface area (Å²) in [4.78, 5) is 28.6. The fourth-order valence-electron chi connectivity index (χ4n) is 2.30. The van der Waals surface area contributed by atoms with Gasteiger partial charge in [-0.15, -0.1) is 0 Å². The lowest BCUT2D eigenvalue weighted by molar-refractivity contribution is -0.135. The van der Waals surface area contributed by atoms with Gasteiger partial charge in [0.15, 0.2) is 0 Å². The molecule has 108 valence electrons. The number of pyridine rings is 1. The number of nitrogens with one attached hydrogen (secondary N) is 1. The van der Waals surface area contributed by atoms with Gasteiger partial charge in [0.25, 0.3) is 0 Å². The zero-order valence-corrected chi connectivity index (χ0v) is 10.9. The topological polar surface area (TPSA) is 103 Å². The fourth-order valence-corrected chi connectivity index (χ4v) is 2.30. The van der Waals surface area contributed by atoms with Crippen molar-refractivity contribution < 1.29 is 19.8 Å². The second-order valence-corrected chi connectivity index (χ2v) is 4.68. The zero-order chi connectivity index (χ0) is 14.5. The number of rotatable bonds is 4. The lowest BCUT2D eigenvalue weighted by atomic mass is 10.0. The van der Waals surface area contributed by atoms with Crippen molar-refractivity contribution in [1.29, 1.82) is 0 Å². The third-order valence-corrected chi connectivity index (χ3v) is 3.33. The number of aliphatic hydroxyl groups excluding tert-OH is 1. The van der Waals surface area contributed by atoms with Crippen LogP contribution >= 0.6 is 0 Å². The smallest absolute Gasteiger partial charge is 0.405 e. The first-order chi connectivity index (χ1) is 9.59. The van der Waals surface area contributed by atoms with Crippen LogP contribution in [0, 0.1) is 0 Å². The van der Waals surface area contributed by atoms with Crippen LogP contribution in [0.3, 0.4) is 0 Å². The Morgan fingerprint density at radius 3 is 2.40 bits per heavy atom. The van der Waals surface area contributed by atoms with Gasteiger partial charge in [0.1, 0.15) is 12.1 Å². The number of hydrogen-bond acceptors (Lipinski definition) is 4. The van der Waals surface area contributed by atoms with Crippen molar-refractivity contribution in [2.75, 3.05) is 13.1 Å². The standard InChI is InChI=1S/C13H17N3O4/c17-11(9-3-5-14-6-4-9)10(15-13(19)20)12(18)16-7-1-2-8-16/h3-6,10-11,15,17H,1-2,7-8H2,(H,19,20). The van der Waals surface area contributed by atoms with Gasteiger partial charge in [-0.1, -0.05) is 0 Å². The SMILES string of the molecule is O=C(O)NC(C(=O)N1CCCC1)C(O)c1ccncc1. The van der Waals surface area contributed by atoms with Crippen LogP contribution in [-0.2, 0) is 4.79 Å². The summed E-state index contributed by atoms with van der Waals surface area (Å²) in [6, 6.07) is 1.91. The van der Waals surface area contributed by atoms with E-state index in [1.54, 1.807) is 17.0 Å². The molecule has 2 heterocycles. The van der Waals surface area contributed by atoms with Gasteiger partial charge in [-0.25, -0.2) is 4.79 Å². The van der Waals surface area contributed by atoms with Crippen molar-refractivity contribution in [3.63, 3.8) is 0 Å². The molecule has 0 saturated carbocycles. The number of likely N-dealkylation sites (tertiary alicyclic amines) is 1. The molecule has 2 unspecified atom stereocenters. The Labute approximate surface area is 116 Å². The summed E-state index contributed by atoms with van der Waals surface area (Å²) in [5.41, 5.74) is 0.450. The maximum atomic E-state index is 12.3. The molecule has 1 fully saturated rings. The lowest BCUT2D eigenvalue weighted by Crippen LogP contribution is -2.50. The Hall–Kier alpha value is -2.15. The van der Waals surface area contributed by atoms with Gasteiger partial charge in [0.2, 0.25) is 5.91 Å². The Bertz CT molecular complexity index is 474. The van der Waals surface area contributed by atoms with E-state index in [1.165, 1.54) is 12.4 Å². The molecule has 1 aromatic rings. The molecule has 1 saturated heterocycles. The molecule has 2 rings (SSSR count). The predicted molar refractivity (Wildman–Crippen MR) is 70.0 cm³/mol. The molecule has 0 aliphatic carbocycles. The summed E-state index contributed by atoms with van der Waals surface area (Å²) < 4.78 is 0. The Balaban J connectivity index is 2.18. The molecule has 1 aliphatic rings. The highest BCUT2D eigenvalue weighted by molar-refractivity contribution is 5.86. The zero-order valence-electron chi connectivity index (χ0n) is 10.9. The maximum Gasteiger partial charge on any atom is 0.405 e. The van der Waals surface area contributed by atoms with Crippen molar-refractivity contribution >= 4 is 12.0 Å². The highest BCUT2D eigenvalue weighted by Gasteiger charge is 2.34. The molecule has 7 heteroatoms. The van der Waals surface area contributed by atoms with Crippen LogP contribution in [0.25, 0.3) is 0 Å². The summed E-state index contributed by atoms with van der Waals surface area (Å²) in [5, 5.41) is 21.2. The Kier molecular flexibility index (Phi) is 4.52. The van der Waals surface area contributed by atoms with Crippen LogP contribution in [0.1, 0.15) is 24.5 Å². The molecule has 2 atom stereocenters. The highest BCUT2D eigenvalue weighted by atomic mass is 16.4. The van der Waals surface area contributed by atoms with E-state index < -0.39 is 24.1 Å². The van der Waals surface area contributed by atoms with E-state index in [-0.39, 0.29) is 0 Å². The highest BCUT2D eigenvalue weighted by Crippen LogP contribution is 2.19. The largest absolute Gasteiger partial charge is 0.465 e. The van der Waals surface area contributed by atoms with Gasteiger partial charge in [-0.05, 0) is 30.5 Å². The average Bonchev–Trinajstić information content (AvgIpc) is 2.98. The molecule has 0 radical (unpaired) electrons. The quantitative estimate of drug-likeness (QED) is 0.739. The number of aliphatic hydroxyl groups is 1. The number of carboxylic acid groups (broad SMARTS) is 1. The Morgan fingerprint density at radius 2 is 1.85 bits per heavy atom. The first kappa shape index (κ1) is 14.3. The van der Waals surface area contributed by atoms with E-state index in [9.17, 15) is 14.7 Å². The normalized spacial score (nSPS) is 17.6. The number of hydrogen-bond donors (Lipinski definition) is 3. The molecule has 20 heavy (non-hydrogen) atoms. The number of nitrogens with zero attached hydrogens (tertiary/aromatic N) is 2. The minimum Gasteiger partial charge on any atom is -0.465 e. The molecule has 0 bridgehead atoms. The van der Waals surface area contributed by atoms with E-state index in [1.807, 2.05) is 0 Å². The molecule has 1 aromatic heterocycles. The molecule has 0 aromatic carbocycles. The van der Waals surface area contributed by atoms with Crippen LogP contribution in [0.2, 0.25) is 0 Å². The van der Waals surface area contributed by atoms with Gasteiger partial charge >= 0.3 is 6.09 Å². The molecule has 0 spiro atoms. The first-order valence-electron chi connectivity index (χ1n) is 6.46. The van der Waals surface area contributed by atoms with Gasteiger partial charge in [0.05, 0.1) is 0 Å². The van der Waals surface area contributed by atoms with Crippen LogP contribution in [0.4, 0.5) is 4.79 Å². The fraction of sp³-hybridized carbons (Fsp3) is 0.462. The lowest BCUT2D eigenvalue weighted by Gasteiger charge is -2.26. The first-order valence-corrected chi connectivity index (χ1v) is 6.46. The van der Waals surface area contributed by atoms with Crippen molar-refractivity contribution in [3.8, 4) is 0 Å². The minimum atomic E-state index is -1.34. The second-order valence-electron chi connectivity index (χ2n) is 4.68. The summed E-state index contributed by atoms with van der Waals surface area (Å²) >= 11 is 0. The molecule has 3 N–H and O–H groups in total. The van der Waals surface area contributed by atoms with Crippen molar-refractivity contribution in [2.45, 2.75) is 25.0 Å².